The molecule has 0 N–H and O–H groups in total. The maximum atomic E-state index is 13.3. The van der Waals surface area contributed by atoms with Crippen molar-refractivity contribution in [1.29, 1.82) is 0 Å². The zero-order valence-corrected chi connectivity index (χ0v) is 17.2. The molecular formula is C23H26N2O4. The largest absolute Gasteiger partial charge is 0.496 e. The van der Waals surface area contributed by atoms with E-state index >= 15 is 0 Å². The van der Waals surface area contributed by atoms with Crippen LogP contribution in [-0.4, -0.2) is 68.3 Å². The predicted octanol–water partition coefficient (Wildman–Crippen LogP) is 2.62. The second-order valence-electron chi connectivity index (χ2n) is 7.47. The van der Waals surface area contributed by atoms with Crippen molar-refractivity contribution in [2.45, 2.75) is 13.5 Å². The zero-order valence-electron chi connectivity index (χ0n) is 17.2. The summed E-state index contributed by atoms with van der Waals surface area (Å²) in [6, 6.07) is 8.86. The molecule has 0 spiro atoms. The summed E-state index contributed by atoms with van der Waals surface area (Å²) in [4.78, 5) is 31.3. The van der Waals surface area contributed by atoms with Crippen LogP contribution in [0.1, 0.15) is 44.3 Å². The van der Waals surface area contributed by atoms with Gasteiger partial charge in [-0.3, -0.25) is 14.5 Å². The Morgan fingerprint density at radius 3 is 2.14 bits per heavy atom. The van der Waals surface area contributed by atoms with Crippen molar-refractivity contribution < 1.29 is 19.1 Å². The molecule has 152 valence electrons. The molecular weight excluding hydrogens is 368 g/mol. The lowest BCUT2D eigenvalue weighted by molar-refractivity contribution is 0.0973. The molecule has 6 heteroatoms. The van der Waals surface area contributed by atoms with Gasteiger partial charge in [0.25, 0.3) is 0 Å². The van der Waals surface area contributed by atoms with Crippen LogP contribution in [0.15, 0.2) is 30.3 Å². The van der Waals surface area contributed by atoms with Crippen molar-refractivity contribution in [1.82, 2.24) is 9.80 Å². The first kappa shape index (κ1) is 19.6. The highest BCUT2D eigenvalue weighted by Gasteiger charge is 2.35. The second kappa shape index (κ2) is 7.97. The van der Waals surface area contributed by atoms with Crippen LogP contribution in [-0.2, 0) is 6.54 Å². The Morgan fingerprint density at radius 2 is 1.48 bits per heavy atom. The van der Waals surface area contributed by atoms with Gasteiger partial charge in [0, 0.05) is 43.9 Å². The van der Waals surface area contributed by atoms with Gasteiger partial charge in [0.2, 0.25) is 5.78 Å². The standard InChI is InChI=1S/C23H26N2O4/c1-4-24-8-10-25(11-9-24)14-15-12-17-21(19(13-15)29-3)23(27)20-16(22(17)26)6-5-7-18(20)28-2/h5-7,12-13H,4,8-11,14H2,1-3H3. The van der Waals surface area contributed by atoms with Crippen LogP contribution in [0.5, 0.6) is 11.5 Å². The summed E-state index contributed by atoms with van der Waals surface area (Å²) in [7, 11) is 3.04. The third-order valence-electron chi connectivity index (χ3n) is 5.89. The number of ketones is 2. The smallest absolute Gasteiger partial charge is 0.201 e. The molecule has 4 rings (SSSR count). The van der Waals surface area contributed by atoms with Gasteiger partial charge in [0.15, 0.2) is 5.78 Å². The minimum absolute atomic E-state index is 0.163. The summed E-state index contributed by atoms with van der Waals surface area (Å²) in [5.74, 6) is 0.461. The van der Waals surface area contributed by atoms with Gasteiger partial charge in [-0.05, 0) is 30.3 Å². The maximum absolute atomic E-state index is 13.3. The zero-order chi connectivity index (χ0) is 20.5. The van der Waals surface area contributed by atoms with E-state index < -0.39 is 0 Å². The van der Waals surface area contributed by atoms with Gasteiger partial charge < -0.3 is 14.4 Å². The molecule has 2 aliphatic rings. The Hall–Kier alpha value is -2.70. The summed E-state index contributed by atoms with van der Waals surface area (Å²) in [6.07, 6.45) is 0. The third kappa shape index (κ3) is 3.43. The summed E-state index contributed by atoms with van der Waals surface area (Å²) < 4.78 is 10.9. The van der Waals surface area contributed by atoms with Crippen molar-refractivity contribution in [2.24, 2.45) is 0 Å². The number of benzene rings is 2. The second-order valence-corrected chi connectivity index (χ2v) is 7.47. The molecule has 0 atom stereocenters. The number of nitrogens with zero attached hydrogens (tertiary/aromatic N) is 2. The van der Waals surface area contributed by atoms with Gasteiger partial charge in [-0.2, -0.15) is 0 Å². The predicted molar refractivity (Wildman–Crippen MR) is 110 cm³/mol. The van der Waals surface area contributed by atoms with E-state index in [1.165, 1.54) is 14.2 Å². The van der Waals surface area contributed by atoms with E-state index in [0.29, 0.717) is 33.8 Å². The number of ether oxygens (including phenoxy) is 2. The van der Waals surface area contributed by atoms with Crippen LogP contribution in [0, 0.1) is 0 Å². The highest BCUT2D eigenvalue weighted by atomic mass is 16.5. The molecule has 2 aromatic rings. The topological polar surface area (TPSA) is 59.1 Å². The van der Waals surface area contributed by atoms with E-state index in [9.17, 15) is 9.59 Å². The molecule has 0 unspecified atom stereocenters. The van der Waals surface area contributed by atoms with Crippen molar-refractivity contribution >= 4 is 11.6 Å². The molecule has 1 heterocycles. The van der Waals surface area contributed by atoms with Crippen LogP contribution in [0.3, 0.4) is 0 Å². The Balaban J connectivity index is 1.70. The average molecular weight is 394 g/mol. The lowest BCUT2D eigenvalue weighted by Crippen LogP contribution is -2.45. The Kier molecular flexibility index (Phi) is 5.39. The number of likely N-dealkylation sites (N-methyl/N-ethyl adjacent to an activating group) is 1. The number of piperazine rings is 1. The van der Waals surface area contributed by atoms with Crippen LogP contribution < -0.4 is 9.47 Å². The Morgan fingerprint density at radius 1 is 0.828 bits per heavy atom. The van der Waals surface area contributed by atoms with Gasteiger partial charge >= 0.3 is 0 Å². The van der Waals surface area contributed by atoms with Crippen LogP contribution >= 0.6 is 0 Å². The highest BCUT2D eigenvalue weighted by molar-refractivity contribution is 6.30. The molecule has 0 amide bonds. The van der Waals surface area contributed by atoms with E-state index in [1.54, 1.807) is 18.2 Å². The molecule has 1 fully saturated rings. The Bertz CT molecular complexity index is 962. The summed E-state index contributed by atoms with van der Waals surface area (Å²) in [5, 5.41) is 0. The normalized spacial score (nSPS) is 17.1. The summed E-state index contributed by atoms with van der Waals surface area (Å²) >= 11 is 0. The number of fused-ring (bicyclic) bond motifs is 2. The summed E-state index contributed by atoms with van der Waals surface area (Å²) in [6.45, 7) is 8.04. The van der Waals surface area contributed by atoms with Crippen molar-refractivity contribution in [3.8, 4) is 11.5 Å². The number of hydrogen-bond acceptors (Lipinski definition) is 6. The van der Waals surface area contributed by atoms with E-state index in [4.69, 9.17) is 9.47 Å². The van der Waals surface area contributed by atoms with E-state index in [2.05, 4.69) is 16.7 Å². The van der Waals surface area contributed by atoms with Gasteiger partial charge in [-0.1, -0.05) is 19.1 Å². The molecule has 29 heavy (non-hydrogen) atoms. The van der Waals surface area contributed by atoms with Crippen LogP contribution in [0.25, 0.3) is 0 Å². The van der Waals surface area contributed by atoms with Gasteiger partial charge in [-0.15, -0.1) is 0 Å². The van der Waals surface area contributed by atoms with Gasteiger partial charge in [0.05, 0.1) is 25.3 Å². The lowest BCUT2D eigenvalue weighted by atomic mass is 9.82. The molecule has 2 aromatic carbocycles. The minimum Gasteiger partial charge on any atom is -0.496 e. The van der Waals surface area contributed by atoms with Gasteiger partial charge in [0.1, 0.15) is 11.5 Å². The summed E-state index contributed by atoms with van der Waals surface area (Å²) in [5.41, 5.74) is 2.43. The monoisotopic (exact) mass is 394 g/mol. The third-order valence-corrected chi connectivity index (χ3v) is 5.89. The van der Waals surface area contributed by atoms with Crippen molar-refractivity contribution in [2.75, 3.05) is 46.9 Å². The Labute approximate surface area is 171 Å². The minimum atomic E-state index is -0.230. The molecule has 1 saturated heterocycles. The molecule has 0 aromatic heterocycles. The first-order valence-electron chi connectivity index (χ1n) is 9.99. The molecule has 1 aliphatic carbocycles. The fourth-order valence-electron chi connectivity index (χ4n) is 4.25. The lowest BCUT2D eigenvalue weighted by Gasteiger charge is -2.34. The molecule has 6 nitrogen and oxygen atoms in total. The number of methoxy groups -OCH3 is 2. The SMILES string of the molecule is CCN1CCN(Cc2cc(OC)c3c(c2)C(=O)c2cccc(OC)c2C3=O)CC1. The van der Waals surface area contributed by atoms with E-state index in [1.807, 2.05) is 12.1 Å². The van der Waals surface area contributed by atoms with Crippen molar-refractivity contribution in [3.05, 3.63) is 58.1 Å². The van der Waals surface area contributed by atoms with Crippen LogP contribution in [0.4, 0.5) is 0 Å². The first-order chi connectivity index (χ1) is 14.1. The number of carbonyl (C=O) groups is 2. The maximum Gasteiger partial charge on any atom is 0.201 e. The van der Waals surface area contributed by atoms with Gasteiger partial charge in [-0.25, -0.2) is 0 Å². The molecule has 1 aliphatic heterocycles. The fraction of sp³-hybridized carbons (Fsp3) is 0.391. The fourth-order valence-corrected chi connectivity index (χ4v) is 4.25. The van der Waals surface area contributed by atoms with Crippen LogP contribution in [0.2, 0.25) is 0 Å². The highest BCUT2D eigenvalue weighted by Crippen LogP contribution is 2.38. The number of hydrogen-bond donors (Lipinski definition) is 0. The van der Waals surface area contributed by atoms with E-state index in [-0.39, 0.29) is 11.6 Å². The molecule has 0 bridgehead atoms. The number of rotatable bonds is 5. The van der Waals surface area contributed by atoms with E-state index in [0.717, 1.165) is 44.8 Å². The molecule has 0 radical (unpaired) electrons. The average Bonchev–Trinajstić information content (AvgIpc) is 2.76. The quantitative estimate of drug-likeness (QED) is 0.663. The van der Waals surface area contributed by atoms with Crippen molar-refractivity contribution in [3.63, 3.8) is 0 Å². The molecule has 0 saturated carbocycles. The first-order valence-corrected chi connectivity index (χ1v) is 9.99. The number of carbonyl (C=O) groups excluding carboxylic acids is 2.